The van der Waals surface area contributed by atoms with Crippen LogP contribution in [0.3, 0.4) is 0 Å². The Kier molecular flexibility index (Phi) is 8.85. The number of benzene rings is 2. The van der Waals surface area contributed by atoms with Gasteiger partial charge in [0.2, 0.25) is 0 Å². The summed E-state index contributed by atoms with van der Waals surface area (Å²) in [4.78, 5) is 11.3. The van der Waals surface area contributed by atoms with Crippen LogP contribution in [0, 0.1) is 0 Å². The van der Waals surface area contributed by atoms with Crippen molar-refractivity contribution in [1.82, 2.24) is 0 Å². The molecule has 0 heterocycles. The van der Waals surface area contributed by atoms with Crippen molar-refractivity contribution in [3.8, 4) is 0 Å². The van der Waals surface area contributed by atoms with E-state index in [1.165, 1.54) is 12.2 Å². The predicted octanol–water partition coefficient (Wildman–Crippen LogP) is 0.924. The summed E-state index contributed by atoms with van der Waals surface area (Å²) in [5, 5.41) is 6.43. The van der Waals surface area contributed by atoms with Crippen LogP contribution in [0.4, 0.5) is 11.4 Å². The molecule has 6 nitrogen and oxygen atoms in total. The largest absolute Gasteiger partial charge is 1.00 e. The summed E-state index contributed by atoms with van der Waals surface area (Å²) in [7, 11) is -4.85. The van der Waals surface area contributed by atoms with E-state index in [-0.39, 0.29) is 35.1 Å². The van der Waals surface area contributed by atoms with Crippen LogP contribution in [0.5, 0.6) is 0 Å². The summed E-state index contributed by atoms with van der Waals surface area (Å²) in [5.74, 6) is -0.530. The maximum atomic E-state index is 11.9. The minimum atomic E-state index is -4.85. The van der Waals surface area contributed by atoms with Crippen LogP contribution >= 0.6 is 0 Å². The van der Waals surface area contributed by atoms with Gasteiger partial charge in [-0.05, 0) is 67.0 Å². The Bertz CT molecular complexity index is 1080. The molecular weight excluding hydrogens is 423 g/mol. The second kappa shape index (κ2) is 10.9. The zero-order valence-corrected chi connectivity index (χ0v) is 20.6. The quantitative estimate of drug-likeness (QED) is 0.485. The first-order valence-corrected chi connectivity index (χ1v) is 11.1. The first kappa shape index (κ1) is 25.1. The van der Waals surface area contributed by atoms with Gasteiger partial charge in [-0.3, -0.25) is 4.79 Å². The Morgan fingerprint density at radius 2 is 1.29 bits per heavy atom. The number of anilines is 2. The number of nitrogens with one attached hydrogen (secondary N) is 2. The second-order valence-corrected chi connectivity index (χ2v) is 8.05. The van der Waals surface area contributed by atoms with Crippen LogP contribution in [0.2, 0.25) is 0 Å². The van der Waals surface area contributed by atoms with Crippen molar-refractivity contribution in [2.45, 2.75) is 13.8 Å². The minimum absolute atomic E-state index is 0. The van der Waals surface area contributed by atoms with Crippen LogP contribution in [0.15, 0.2) is 77.2 Å². The van der Waals surface area contributed by atoms with Crippen molar-refractivity contribution in [3.63, 3.8) is 0 Å². The van der Waals surface area contributed by atoms with E-state index in [0.717, 1.165) is 41.7 Å². The van der Waals surface area contributed by atoms with Crippen LogP contribution in [-0.2, 0) is 14.9 Å². The summed E-state index contributed by atoms with van der Waals surface area (Å²) in [6.45, 7) is 5.52. The molecule has 2 N–H and O–H groups in total. The Morgan fingerprint density at radius 3 is 1.68 bits per heavy atom. The Labute approximate surface area is 205 Å². The van der Waals surface area contributed by atoms with Crippen molar-refractivity contribution in [2.24, 2.45) is 0 Å². The van der Waals surface area contributed by atoms with Gasteiger partial charge >= 0.3 is 29.6 Å². The molecule has 156 valence electrons. The molecule has 3 rings (SSSR count). The summed E-state index contributed by atoms with van der Waals surface area (Å²) < 4.78 is 35.8. The standard InChI is InChI=1S/C23H24N2O4S.Na/c1-3-24-18-9-5-16(6-10-18)23(17-7-11-19(12-8-17)25-4-2)21-14-13-20(26)15-22(21)30(27,28)29;/h5-15,24-25H,3-4H2,1-2H3,(H,27,28,29);/q;+1/p-1. The number of rotatable bonds is 7. The first-order chi connectivity index (χ1) is 14.3. The van der Waals surface area contributed by atoms with E-state index in [1.54, 1.807) is 0 Å². The molecule has 0 radical (unpaired) electrons. The Balaban J connectivity index is 0.00000341. The average molecular weight is 447 g/mol. The third-order valence-corrected chi connectivity index (χ3v) is 5.48. The average Bonchev–Trinajstić information content (AvgIpc) is 2.71. The number of ketones is 1. The Morgan fingerprint density at radius 1 is 0.839 bits per heavy atom. The summed E-state index contributed by atoms with van der Waals surface area (Å²) in [6, 6.07) is 15.0. The molecule has 0 spiro atoms. The molecule has 1 aliphatic carbocycles. The van der Waals surface area contributed by atoms with Gasteiger partial charge in [0, 0.05) is 36.1 Å². The van der Waals surface area contributed by atoms with Crippen molar-refractivity contribution in [1.29, 1.82) is 0 Å². The van der Waals surface area contributed by atoms with Crippen LogP contribution < -0.4 is 40.2 Å². The predicted molar refractivity (Wildman–Crippen MR) is 119 cm³/mol. The summed E-state index contributed by atoms with van der Waals surface area (Å²) in [5.41, 5.74) is 4.09. The third kappa shape index (κ3) is 6.18. The van der Waals surface area contributed by atoms with E-state index in [1.807, 2.05) is 62.4 Å². The van der Waals surface area contributed by atoms with Gasteiger partial charge in [-0.2, -0.15) is 0 Å². The molecule has 2 aromatic carbocycles. The number of carbonyl (C=O) groups is 1. The molecule has 1 aliphatic rings. The van der Waals surface area contributed by atoms with Crippen molar-refractivity contribution >= 4 is 32.8 Å². The summed E-state index contributed by atoms with van der Waals surface area (Å²) >= 11 is 0. The molecule has 0 aromatic heterocycles. The monoisotopic (exact) mass is 446 g/mol. The molecular formula is C23H23N2NaO4S. The zero-order chi connectivity index (χ0) is 21.7. The number of carbonyl (C=O) groups excluding carboxylic acids is 1. The molecule has 0 saturated heterocycles. The zero-order valence-electron chi connectivity index (χ0n) is 17.8. The fourth-order valence-electron chi connectivity index (χ4n) is 3.31. The molecule has 0 fully saturated rings. The van der Waals surface area contributed by atoms with E-state index < -0.39 is 20.8 Å². The maximum Gasteiger partial charge on any atom is 1.00 e. The van der Waals surface area contributed by atoms with Gasteiger partial charge in [0.15, 0.2) is 5.78 Å². The van der Waals surface area contributed by atoms with Crippen LogP contribution in [-0.4, -0.2) is 31.8 Å². The van der Waals surface area contributed by atoms with Gasteiger partial charge in [-0.25, -0.2) is 8.42 Å². The van der Waals surface area contributed by atoms with Gasteiger partial charge in [0.1, 0.15) is 10.1 Å². The van der Waals surface area contributed by atoms with Gasteiger partial charge < -0.3 is 15.2 Å². The second-order valence-electron chi connectivity index (χ2n) is 6.70. The molecule has 0 atom stereocenters. The van der Waals surface area contributed by atoms with E-state index in [0.29, 0.717) is 5.57 Å². The van der Waals surface area contributed by atoms with Crippen molar-refractivity contribution in [2.75, 3.05) is 23.7 Å². The molecule has 0 aliphatic heterocycles. The summed E-state index contributed by atoms with van der Waals surface area (Å²) in [6.07, 6.45) is 3.56. The molecule has 0 saturated carbocycles. The fourth-order valence-corrected chi connectivity index (χ4v) is 4.01. The van der Waals surface area contributed by atoms with Gasteiger partial charge in [-0.1, -0.05) is 24.3 Å². The van der Waals surface area contributed by atoms with Gasteiger partial charge in [-0.15, -0.1) is 0 Å². The minimum Gasteiger partial charge on any atom is -0.744 e. The normalized spacial score (nSPS) is 13.3. The molecule has 0 unspecified atom stereocenters. The number of hydrogen-bond donors (Lipinski definition) is 2. The van der Waals surface area contributed by atoms with E-state index in [2.05, 4.69) is 10.6 Å². The van der Waals surface area contributed by atoms with Crippen molar-refractivity contribution < 1.29 is 47.3 Å². The molecule has 0 amide bonds. The number of allylic oxidation sites excluding steroid dienone is 4. The topological polar surface area (TPSA) is 98.3 Å². The van der Waals surface area contributed by atoms with Crippen molar-refractivity contribution in [3.05, 3.63) is 88.4 Å². The third-order valence-electron chi connectivity index (χ3n) is 4.60. The molecule has 8 heteroatoms. The Hall–Kier alpha value is -2.16. The SMILES string of the molecule is CCNc1ccc(C(=C2C=CC(=O)C=C2S(=O)(=O)[O-])c2ccc(NCC)cc2)cc1.[Na+]. The van der Waals surface area contributed by atoms with Crippen LogP contribution in [0.1, 0.15) is 25.0 Å². The van der Waals surface area contributed by atoms with E-state index >= 15 is 0 Å². The number of hydrogen-bond acceptors (Lipinski definition) is 6. The molecule has 0 bridgehead atoms. The molecule has 2 aromatic rings. The van der Waals surface area contributed by atoms with Gasteiger partial charge in [0.25, 0.3) is 0 Å². The first-order valence-electron chi connectivity index (χ1n) is 9.66. The van der Waals surface area contributed by atoms with Gasteiger partial charge in [0.05, 0.1) is 4.91 Å². The van der Waals surface area contributed by atoms with Crippen LogP contribution in [0.25, 0.3) is 5.57 Å². The maximum absolute atomic E-state index is 11.9. The fraction of sp³-hybridized carbons (Fsp3) is 0.174. The van der Waals surface area contributed by atoms with E-state index in [9.17, 15) is 17.8 Å². The van der Waals surface area contributed by atoms with E-state index in [4.69, 9.17) is 0 Å². The molecule has 31 heavy (non-hydrogen) atoms. The smallest absolute Gasteiger partial charge is 0.744 e.